The van der Waals surface area contributed by atoms with Crippen molar-refractivity contribution in [1.82, 2.24) is 4.98 Å². The standard InChI is InChI=1S/C12H9Cl2FN2/c13-10-5-8(1-3-11(10)15)6-16-9-2-4-12(14)17-7-9/h1-5,7,16H,6H2. The lowest BCUT2D eigenvalue weighted by atomic mass is 10.2. The zero-order chi connectivity index (χ0) is 12.3. The fourth-order valence-corrected chi connectivity index (χ4v) is 1.65. The van der Waals surface area contributed by atoms with Crippen LogP contribution in [0.3, 0.4) is 0 Å². The maximum Gasteiger partial charge on any atom is 0.141 e. The average Bonchev–Trinajstić information content (AvgIpc) is 2.33. The van der Waals surface area contributed by atoms with E-state index in [4.69, 9.17) is 23.2 Å². The Morgan fingerprint density at radius 2 is 2.00 bits per heavy atom. The van der Waals surface area contributed by atoms with Crippen molar-refractivity contribution in [2.75, 3.05) is 5.32 Å². The number of hydrogen-bond donors (Lipinski definition) is 1. The quantitative estimate of drug-likeness (QED) is 0.848. The van der Waals surface area contributed by atoms with E-state index < -0.39 is 5.82 Å². The first-order valence-corrected chi connectivity index (χ1v) is 5.70. The molecule has 1 heterocycles. The van der Waals surface area contributed by atoms with Gasteiger partial charge in [0.2, 0.25) is 0 Å². The summed E-state index contributed by atoms with van der Waals surface area (Å²) in [7, 11) is 0. The third-order valence-corrected chi connectivity index (χ3v) is 2.72. The van der Waals surface area contributed by atoms with Crippen molar-refractivity contribution in [3.8, 4) is 0 Å². The zero-order valence-electron chi connectivity index (χ0n) is 8.75. The third-order valence-electron chi connectivity index (χ3n) is 2.21. The molecule has 2 nitrogen and oxygen atoms in total. The van der Waals surface area contributed by atoms with Crippen molar-refractivity contribution in [3.63, 3.8) is 0 Å². The molecule has 2 rings (SSSR count). The first-order chi connectivity index (χ1) is 8.15. The molecule has 88 valence electrons. The number of pyridine rings is 1. The van der Waals surface area contributed by atoms with Gasteiger partial charge in [-0.3, -0.25) is 0 Å². The van der Waals surface area contributed by atoms with Gasteiger partial charge in [-0.05, 0) is 29.8 Å². The molecule has 0 amide bonds. The molecule has 0 atom stereocenters. The van der Waals surface area contributed by atoms with Crippen LogP contribution in [0.5, 0.6) is 0 Å². The Hall–Kier alpha value is -1.32. The molecule has 0 fully saturated rings. The molecular weight excluding hydrogens is 262 g/mol. The lowest BCUT2D eigenvalue weighted by Crippen LogP contribution is -1.99. The summed E-state index contributed by atoms with van der Waals surface area (Å²) in [6, 6.07) is 8.13. The first kappa shape index (κ1) is 12.1. The van der Waals surface area contributed by atoms with Gasteiger partial charge in [-0.2, -0.15) is 0 Å². The zero-order valence-corrected chi connectivity index (χ0v) is 10.3. The van der Waals surface area contributed by atoms with Crippen LogP contribution in [0.25, 0.3) is 0 Å². The van der Waals surface area contributed by atoms with E-state index in [-0.39, 0.29) is 5.02 Å². The SMILES string of the molecule is Fc1ccc(CNc2ccc(Cl)nc2)cc1Cl. The Labute approximate surface area is 108 Å². The summed E-state index contributed by atoms with van der Waals surface area (Å²) < 4.78 is 12.9. The predicted octanol–water partition coefficient (Wildman–Crippen LogP) is 4.14. The summed E-state index contributed by atoms with van der Waals surface area (Å²) in [5.41, 5.74) is 1.74. The van der Waals surface area contributed by atoms with E-state index in [0.717, 1.165) is 11.3 Å². The molecule has 0 saturated carbocycles. The van der Waals surface area contributed by atoms with Crippen LogP contribution < -0.4 is 5.32 Å². The minimum Gasteiger partial charge on any atom is -0.380 e. The van der Waals surface area contributed by atoms with Gasteiger partial charge in [0.1, 0.15) is 11.0 Å². The van der Waals surface area contributed by atoms with Crippen LogP contribution in [-0.4, -0.2) is 4.98 Å². The van der Waals surface area contributed by atoms with E-state index in [2.05, 4.69) is 10.3 Å². The summed E-state index contributed by atoms with van der Waals surface area (Å²) in [4.78, 5) is 3.94. The summed E-state index contributed by atoms with van der Waals surface area (Å²) in [5, 5.41) is 3.70. The van der Waals surface area contributed by atoms with Crippen LogP contribution >= 0.6 is 23.2 Å². The maximum absolute atomic E-state index is 12.9. The second kappa shape index (κ2) is 5.34. The van der Waals surface area contributed by atoms with Gasteiger partial charge < -0.3 is 5.32 Å². The lowest BCUT2D eigenvalue weighted by Gasteiger charge is -2.06. The van der Waals surface area contributed by atoms with Crippen molar-refractivity contribution < 1.29 is 4.39 Å². The van der Waals surface area contributed by atoms with Gasteiger partial charge in [-0.15, -0.1) is 0 Å². The molecule has 5 heteroatoms. The second-order valence-corrected chi connectivity index (χ2v) is 4.27. The Balaban J connectivity index is 2.02. The number of aromatic nitrogens is 1. The minimum absolute atomic E-state index is 0.124. The molecule has 0 bridgehead atoms. The Morgan fingerprint density at radius 3 is 2.65 bits per heavy atom. The molecule has 1 aromatic carbocycles. The first-order valence-electron chi connectivity index (χ1n) is 4.94. The molecule has 0 aliphatic carbocycles. The Kier molecular flexibility index (Phi) is 3.82. The Bertz CT molecular complexity index is 514. The van der Waals surface area contributed by atoms with Crippen molar-refractivity contribution in [2.24, 2.45) is 0 Å². The molecule has 0 radical (unpaired) electrons. The van der Waals surface area contributed by atoms with E-state index >= 15 is 0 Å². The molecular formula is C12H9Cl2FN2. The van der Waals surface area contributed by atoms with Gasteiger partial charge in [0, 0.05) is 6.54 Å². The predicted molar refractivity (Wildman–Crippen MR) is 68.0 cm³/mol. The monoisotopic (exact) mass is 270 g/mol. The normalized spacial score (nSPS) is 10.3. The second-order valence-electron chi connectivity index (χ2n) is 3.47. The highest BCUT2D eigenvalue weighted by atomic mass is 35.5. The number of nitrogens with zero attached hydrogens (tertiary/aromatic N) is 1. The highest BCUT2D eigenvalue weighted by molar-refractivity contribution is 6.30. The molecule has 1 N–H and O–H groups in total. The number of rotatable bonds is 3. The van der Waals surface area contributed by atoms with E-state index in [0.29, 0.717) is 11.7 Å². The highest BCUT2D eigenvalue weighted by Gasteiger charge is 2.01. The lowest BCUT2D eigenvalue weighted by molar-refractivity contribution is 0.627. The summed E-state index contributed by atoms with van der Waals surface area (Å²) >= 11 is 11.4. The smallest absolute Gasteiger partial charge is 0.141 e. The maximum atomic E-state index is 12.9. The minimum atomic E-state index is -0.413. The summed E-state index contributed by atoms with van der Waals surface area (Å²) in [5.74, 6) is -0.413. The fourth-order valence-electron chi connectivity index (χ4n) is 1.33. The summed E-state index contributed by atoms with van der Waals surface area (Å²) in [6.45, 7) is 0.545. The number of nitrogens with one attached hydrogen (secondary N) is 1. The Morgan fingerprint density at radius 1 is 1.18 bits per heavy atom. The van der Waals surface area contributed by atoms with Crippen molar-refractivity contribution >= 4 is 28.9 Å². The van der Waals surface area contributed by atoms with Crippen LogP contribution in [0.2, 0.25) is 10.2 Å². The number of anilines is 1. The molecule has 0 unspecified atom stereocenters. The molecule has 1 aromatic heterocycles. The van der Waals surface area contributed by atoms with Gasteiger partial charge in [-0.25, -0.2) is 9.37 Å². The largest absolute Gasteiger partial charge is 0.380 e. The number of halogens is 3. The number of hydrogen-bond acceptors (Lipinski definition) is 2. The van der Waals surface area contributed by atoms with Gasteiger partial charge in [0.25, 0.3) is 0 Å². The van der Waals surface area contributed by atoms with Crippen molar-refractivity contribution in [1.29, 1.82) is 0 Å². The van der Waals surface area contributed by atoms with Crippen LogP contribution in [-0.2, 0) is 6.54 Å². The van der Waals surface area contributed by atoms with Crippen LogP contribution in [0.15, 0.2) is 36.5 Å². The molecule has 17 heavy (non-hydrogen) atoms. The van der Waals surface area contributed by atoms with Crippen molar-refractivity contribution in [2.45, 2.75) is 6.54 Å². The third kappa shape index (κ3) is 3.32. The van der Waals surface area contributed by atoms with Gasteiger partial charge in [0.05, 0.1) is 16.9 Å². The van der Waals surface area contributed by atoms with Crippen molar-refractivity contribution in [3.05, 3.63) is 58.1 Å². The van der Waals surface area contributed by atoms with E-state index in [1.165, 1.54) is 6.07 Å². The van der Waals surface area contributed by atoms with Gasteiger partial charge in [-0.1, -0.05) is 29.3 Å². The van der Waals surface area contributed by atoms with E-state index in [9.17, 15) is 4.39 Å². The van der Waals surface area contributed by atoms with Gasteiger partial charge >= 0.3 is 0 Å². The van der Waals surface area contributed by atoms with Gasteiger partial charge in [0.15, 0.2) is 0 Å². The molecule has 0 aliphatic rings. The van der Waals surface area contributed by atoms with E-state index in [1.54, 1.807) is 24.4 Å². The molecule has 0 aliphatic heterocycles. The number of benzene rings is 1. The fraction of sp³-hybridized carbons (Fsp3) is 0.0833. The average molecular weight is 271 g/mol. The molecule has 0 spiro atoms. The van der Waals surface area contributed by atoms with E-state index in [1.807, 2.05) is 6.07 Å². The summed E-state index contributed by atoms with van der Waals surface area (Å²) in [6.07, 6.45) is 1.63. The van der Waals surface area contributed by atoms with Crippen LogP contribution in [0.1, 0.15) is 5.56 Å². The van der Waals surface area contributed by atoms with Crippen LogP contribution in [0.4, 0.5) is 10.1 Å². The molecule has 0 saturated heterocycles. The van der Waals surface area contributed by atoms with Crippen LogP contribution in [0, 0.1) is 5.82 Å². The molecule has 2 aromatic rings. The highest BCUT2D eigenvalue weighted by Crippen LogP contribution is 2.17. The topological polar surface area (TPSA) is 24.9 Å².